The first kappa shape index (κ1) is 8.09. The van der Waals surface area contributed by atoms with Crippen molar-refractivity contribution in [1.29, 1.82) is 0 Å². The zero-order valence-corrected chi connectivity index (χ0v) is 6.39. The van der Waals surface area contributed by atoms with Crippen LogP contribution in [0.15, 0.2) is 0 Å². The molecule has 1 aliphatic rings. The third-order valence-corrected chi connectivity index (χ3v) is 1.76. The zero-order chi connectivity index (χ0) is 8.10. The number of hydrogen-bond acceptors (Lipinski definition) is 2. The van der Waals surface area contributed by atoms with Gasteiger partial charge in [-0.15, -0.1) is 6.42 Å². The Hall–Kier alpha value is -1.01. The fourth-order valence-corrected chi connectivity index (χ4v) is 1.20. The van der Waals surface area contributed by atoms with E-state index in [1.165, 1.54) is 0 Å². The van der Waals surface area contributed by atoms with Crippen molar-refractivity contribution in [2.24, 2.45) is 0 Å². The lowest BCUT2D eigenvalue weighted by atomic mass is 10.1. The Morgan fingerprint density at radius 1 is 1.73 bits per heavy atom. The number of terminal acetylenes is 1. The van der Waals surface area contributed by atoms with Gasteiger partial charge in [0.15, 0.2) is 0 Å². The summed E-state index contributed by atoms with van der Waals surface area (Å²) in [5, 5.41) is 5.91. The molecule has 1 amide bonds. The second-order valence-electron chi connectivity index (χ2n) is 2.66. The van der Waals surface area contributed by atoms with E-state index in [1.807, 2.05) is 5.92 Å². The van der Waals surface area contributed by atoms with Gasteiger partial charge in [-0.05, 0) is 25.3 Å². The maximum absolute atomic E-state index is 10.7. The van der Waals surface area contributed by atoms with Crippen molar-refractivity contribution in [3.63, 3.8) is 0 Å². The highest BCUT2D eigenvalue weighted by atomic mass is 16.1. The molecular formula is C8H12N2O. The number of nitrogens with one attached hydrogen (secondary N) is 2. The summed E-state index contributed by atoms with van der Waals surface area (Å²) in [7, 11) is 0. The smallest absolute Gasteiger partial charge is 0.295 e. The van der Waals surface area contributed by atoms with E-state index >= 15 is 0 Å². The molecule has 1 aliphatic heterocycles. The monoisotopic (exact) mass is 152 g/mol. The zero-order valence-electron chi connectivity index (χ0n) is 6.39. The van der Waals surface area contributed by atoms with Crippen LogP contribution in [0.2, 0.25) is 0 Å². The second kappa shape index (κ2) is 3.99. The van der Waals surface area contributed by atoms with E-state index < -0.39 is 0 Å². The molecule has 3 nitrogen and oxygen atoms in total. The molecule has 0 aliphatic carbocycles. The standard InChI is InChI=1S/C8H12N2O/c1-2-8(11)10-7-4-3-5-9-6-7/h1,7,9H,3-6H2,(H,10,11)/t7-/m1/s1. The normalized spacial score (nSPS) is 23.7. The van der Waals surface area contributed by atoms with E-state index in [0.29, 0.717) is 0 Å². The maximum Gasteiger partial charge on any atom is 0.295 e. The van der Waals surface area contributed by atoms with Gasteiger partial charge in [0.2, 0.25) is 0 Å². The summed E-state index contributed by atoms with van der Waals surface area (Å²) in [6.45, 7) is 1.88. The van der Waals surface area contributed by atoms with Crippen molar-refractivity contribution in [1.82, 2.24) is 10.6 Å². The molecule has 0 radical (unpaired) electrons. The lowest BCUT2D eigenvalue weighted by Gasteiger charge is -2.22. The Morgan fingerprint density at radius 3 is 3.09 bits per heavy atom. The quantitative estimate of drug-likeness (QED) is 0.497. The molecule has 1 fully saturated rings. The van der Waals surface area contributed by atoms with Gasteiger partial charge < -0.3 is 10.6 Å². The molecule has 0 unspecified atom stereocenters. The SMILES string of the molecule is C#CC(=O)N[C@@H]1CCCNC1. The van der Waals surface area contributed by atoms with E-state index in [-0.39, 0.29) is 11.9 Å². The van der Waals surface area contributed by atoms with Gasteiger partial charge in [-0.3, -0.25) is 4.79 Å². The predicted octanol–water partition coefficient (Wildman–Crippen LogP) is -0.512. The summed E-state index contributed by atoms with van der Waals surface area (Å²) in [5.74, 6) is 1.73. The minimum absolute atomic E-state index is 0.229. The van der Waals surface area contributed by atoms with Gasteiger partial charge in [-0.25, -0.2) is 0 Å². The first-order chi connectivity index (χ1) is 5.33. The summed E-state index contributed by atoms with van der Waals surface area (Å²) in [4.78, 5) is 10.7. The molecule has 0 aromatic rings. The Morgan fingerprint density at radius 2 is 2.55 bits per heavy atom. The minimum atomic E-state index is -0.307. The molecule has 1 atom stereocenters. The number of piperidine rings is 1. The summed E-state index contributed by atoms with van der Waals surface area (Å²) in [5.41, 5.74) is 0. The highest BCUT2D eigenvalue weighted by Gasteiger charge is 2.13. The van der Waals surface area contributed by atoms with Gasteiger partial charge in [-0.2, -0.15) is 0 Å². The number of hydrogen-bond donors (Lipinski definition) is 2. The molecule has 0 aromatic heterocycles. The number of carbonyl (C=O) groups is 1. The van der Waals surface area contributed by atoms with Gasteiger partial charge in [0.05, 0.1) is 0 Å². The van der Waals surface area contributed by atoms with Gasteiger partial charge in [0, 0.05) is 12.6 Å². The van der Waals surface area contributed by atoms with E-state index in [9.17, 15) is 4.79 Å². The maximum atomic E-state index is 10.7. The minimum Gasteiger partial charge on any atom is -0.341 e. The van der Waals surface area contributed by atoms with Gasteiger partial charge in [0.1, 0.15) is 0 Å². The lowest BCUT2D eigenvalue weighted by Crippen LogP contribution is -2.45. The van der Waals surface area contributed by atoms with E-state index in [0.717, 1.165) is 25.9 Å². The second-order valence-corrected chi connectivity index (χ2v) is 2.66. The van der Waals surface area contributed by atoms with E-state index in [1.54, 1.807) is 0 Å². The highest BCUT2D eigenvalue weighted by Crippen LogP contribution is 2.00. The Kier molecular flexibility index (Phi) is 2.94. The van der Waals surface area contributed by atoms with Crippen LogP contribution in [0.25, 0.3) is 0 Å². The van der Waals surface area contributed by atoms with Crippen LogP contribution in [-0.2, 0) is 4.79 Å². The van der Waals surface area contributed by atoms with E-state index in [2.05, 4.69) is 10.6 Å². The average Bonchev–Trinajstić information content (AvgIpc) is 2.06. The number of rotatable bonds is 1. The van der Waals surface area contributed by atoms with Crippen LogP contribution in [0.1, 0.15) is 12.8 Å². The predicted molar refractivity (Wildman–Crippen MR) is 42.9 cm³/mol. The summed E-state index contributed by atoms with van der Waals surface area (Å²) < 4.78 is 0. The van der Waals surface area contributed by atoms with Gasteiger partial charge in [0.25, 0.3) is 5.91 Å². The van der Waals surface area contributed by atoms with Crippen LogP contribution >= 0.6 is 0 Å². The first-order valence-corrected chi connectivity index (χ1v) is 3.81. The van der Waals surface area contributed by atoms with Crippen molar-refractivity contribution in [2.45, 2.75) is 18.9 Å². The Bertz CT molecular complexity index is 177. The average molecular weight is 152 g/mol. The molecule has 0 aromatic carbocycles. The third kappa shape index (κ3) is 2.60. The third-order valence-electron chi connectivity index (χ3n) is 1.76. The molecule has 11 heavy (non-hydrogen) atoms. The summed E-state index contributed by atoms with van der Waals surface area (Å²) in [6, 6.07) is 0.229. The lowest BCUT2D eigenvalue weighted by molar-refractivity contribution is -0.116. The van der Waals surface area contributed by atoms with Crippen molar-refractivity contribution in [3.8, 4) is 12.3 Å². The van der Waals surface area contributed by atoms with Crippen LogP contribution in [-0.4, -0.2) is 25.0 Å². The summed E-state index contributed by atoms with van der Waals surface area (Å²) >= 11 is 0. The first-order valence-electron chi connectivity index (χ1n) is 3.81. The van der Waals surface area contributed by atoms with Crippen LogP contribution in [0.4, 0.5) is 0 Å². The van der Waals surface area contributed by atoms with E-state index in [4.69, 9.17) is 6.42 Å². The Labute approximate surface area is 66.5 Å². The summed E-state index contributed by atoms with van der Waals surface area (Å²) in [6.07, 6.45) is 7.04. The fourth-order valence-electron chi connectivity index (χ4n) is 1.20. The van der Waals surface area contributed by atoms with Crippen molar-refractivity contribution in [3.05, 3.63) is 0 Å². The van der Waals surface area contributed by atoms with Crippen LogP contribution in [0, 0.1) is 12.3 Å². The molecule has 2 N–H and O–H groups in total. The molecule has 1 saturated heterocycles. The van der Waals surface area contributed by atoms with Crippen LogP contribution < -0.4 is 10.6 Å². The molecule has 1 heterocycles. The fraction of sp³-hybridized carbons (Fsp3) is 0.625. The molecule has 0 bridgehead atoms. The topological polar surface area (TPSA) is 41.1 Å². The van der Waals surface area contributed by atoms with Crippen molar-refractivity contribution >= 4 is 5.91 Å². The number of carbonyl (C=O) groups excluding carboxylic acids is 1. The molecule has 1 rings (SSSR count). The Balaban J connectivity index is 2.25. The molecule has 3 heteroatoms. The molecular weight excluding hydrogens is 140 g/mol. The van der Waals surface area contributed by atoms with Gasteiger partial charge >= 0.3 is 0 Å². The highest BCUT2D eigenvalue weighted by molar-refractivity contribution is 5.93. The molecule has 0 spiro atoms. The van der Waals surface area contributed by atoms with Crippen molar-refractivity contribution < 1.29 is 4.79 Å². The van der Waals surface area contributed by atoms with Gasteiger partial charge in [-0.1, -0.05) is 0 Å². The number of amides is 1. The largest absolute Gasteiger partial charge is 0.341 e. The molecule has 0 saturated carbocycles. The van der Waals surface area contributed by atoms with Crippen LogP contribution in [0.3, 0.4) is 0 Å². The molecule has 60 valence electrons. The van der Waals surface area contributed by atoms with Crippen LogP contribution in [0.5, 0.6) is 0 Å². The van der Waals surface area contributed by atoms with Crippen molar-refractivity contribution in [2.75, 3.05) is 13.1 Å².